The van der Waals surface area contributed by atoms with Crippen LogP contribution in [-0.2, 0) is 5.41 Å². The molecule has 0 fully saturated rings. The lowest BCUT2D eigenvalue weighted by Gasteiger charge is -2.21. The van der Waals surface area contributed by atoms with E-state index in [1.54, 1.807) is 0 Å². The Morgan fingerprint density at radius 2 is 0.828 bits per heavy atom. The zero-order valence-electron chi connectivity index (χ0n) is 32.4. The Morgan fingerprint density at radius 3 is 1.48 bits per heavy atom. The molecule has 1 aliphatic carbocycles. The van der Waals surface area contributed by atoms with E-state index < -0.39 is 0 Å². The lowest BCUT2D eigenvalue weighted by Crippen LogP contribution is -2.14. The first-order chi connectivity index (χ1) is 28.5. The van der Waals surface area contributed by atoms with Crippen LogP contribution in [0.3, 0.4) is 0 Å². The molecule has 58 heavy (non-hydrogen) atoms. The second-order valence-corrected chi connectivity index (χ2v) is 16.4. The van der Waals surface area contributed by atoms with Gasteiger partial charge in [-0.1, -0.05) is 196 Å². The van der Waals surface area contributed by atoms with E-state index in [0.29, 0.717) is 0 Å². The molecule has 0 saturated carbocycles. The number of hydrogen-bond donors (Lipinski definition) is 0. The van der Waals surface area contributed by atoms with E-state index >= 15 is 0 Å². The van der Waals surface area contributed by atoms with Gasteiger partial charge in [-0.05, 0) is 106 Å². The van der Waals surface area contributed by atoms with Crippen LogP contribution in [0.15, 0.2) is 199 Å². The predicted molar refractivity (Wildman–Crippen MR) is 246 cm³/mol. The van der Waals surface area contributed by atoms with Crippen molar-refractivity contribution in [2.24, 2.45) is 0 Å². The summed E-state index contributed by atoms with van der Waals surface area (Å²) in [5.74, 6) is 0. The fourth-order valence-corrected chi connectivity index (χ4v) is 10.1. The van der Waals surface area contributed by atoms with E-state index in [9.17, 15) is 0 Å². The average Bonchev–Trinajstić information content (AvgIpc) is 3.77. The zero-order valence-corrected chi connectivity index (χ0v) is 32.4. The van der Waals surface area contributed by atoms with Crippen molar-refractivity contribution in [1.29, 1.82) is 0 Å². The second kappa shape index (κ2) is 12.4. The van der Waals surface area contributed by atoms with Gasteiger partial charge < -0.3 is 4.42 Å². The molecular formula is C57H38O. The standard InChI is InChI=1S/C57H38O/c1-57(2)50-32-31-40(34-49(50)55-41-13-4-3-12-36(41)30-33-51(55)57)35-22-26-38(27-23-35)53-44-15-5-7-17-46(44)54(47-18-8-6-16-45(47)53)39-28-24-37(25-29-39)42-19-11-20-48-43-14-9-10-21-52(43)58-56(42)48/h3-34H,1-2H3. The van der Waals surface area contributed by atoms with Gasteiger partial charge in [0.15, 0.2) is 0 Å². The second-order valence-electron chi connectivity index (χ2n) is 16.4. The SMILES string of the molecule is CC1(C)c2ccc(-c3ccc(-c4c5ccccc5c(-c5ccc(-c6cccc7c6oc6ccccc67)cc5)c5ccccc45)cc3)cc2-c2c1ccc1ccccc21. The number of furan rings is 1. The third-order valence-corrected chi connectivity index (χ3v) is 12.9. The molecule has 0 radical (unpaired) electrons. The number of fused-ring (bicyclic) bond motifs is 10. The highest BCUT2D eigenvalue weighted by atomic mass is 16.3. The van der Waals surface area contributed by atoms with Crippen LogP contribution >= 0.6 is 0 Å². The van der Waals surface area contributed by atoms with Crippen LogP contribution in [0.25, 0.3) is 110 Å². The molecule has 0 aliphatic heterocycles. The van der Waals surface area contributed by atoms with Gasteiger partial charge in [-0.2, -0.15) is 0 Å². The normalized spacial score (nSPS) is 13.1. The number of rotatable bonds is 4. The molecule has 0 saturated heterocycles. The van der Waals surface area contributed by atoms with Gasteiger partial charge >= 0.3 is 0 Å². The Kier molecular flexibility index (Phi) is 7.04. The average molecular weight is 739 g/mol. The molecule has 0 bridgehead atoms. The van der Waals surface area contributed by atoms with Crippen LogP contribution in [0.4, 0.5) is 0 Å². The minimum absolute atomic E-state index is 0.0441. The van der Waals surface area contributed by atoms with Crippen molar-refractivity contribution in [3.63, 3.8) is 0 Å². The van der Waals surface area contributed by atoms with Crippen molar-refractivity contribution >= 4 is 54.3 Å². The zero-order chi connectivity index (χ0) is 38.5. The van der Waals surface area contributed by atoms with Gasteiger partial charge in [0, 0.05) is 21.8 Å². The predicted octanol–water partition coefficient (Wildman–Crippen LogP) is 16.0. The number of para-hydroxylation sites is 2. The van der Waals surface area contributed by atoms with Gasteiger partial charge in [-0.15, -0.1) is 0 Å². The fourth-order valence-electron chi connectivity index (χ4n) is 10.1. The third-order valence-electron chi connectivity index (χ3n) is 12.9. The van der Waals surface area contributed by atoms with Crippen molar-refractivity contribution < 1.29 is 4.42 Å². The largest absolute Gasteiger partial charge is 0.455 e. The topological polar surface area (TPSA) is 13.1 Å². The summed E-state index contributed by atoms with van der Waals surface area (Å²) in [4.78, 5) is 0. The van der Waals surface area contributed by atoms with E-state index in [1.807, 2.05) is 12.1 Å². The minimum atomic E-state index is -0.0441. The van der Waals surface area contributed by atoms with Gasteiger partial charge in [-0.25, -0.2) is 0 Å². The van der Waals surface area contributed by atoms with Crippen molar-refractivity contribution in [2.45, 2.75) is 19.3 Å². The summed E-state index contributed by atoms with van der Waals surface area (Å²) in [5.41, 5.74) is 17.0. The third kappa shape index (κ3) is 4.77. The van der Waals surface area contributed by atoms with Crippen LogP contribution in [0.2, 0.25) is 0 Å². The summed E-state index contributed by atoms with van der Waals surface area (Å²) in [6.45, 7) is 4.72. The maximum absolute atomic E-state index is 6.41. The first kappa shape index (κ1) is 33.0. The lowest BCUT2D eigenvalue weighted by molar-refractivity contribution is 0.661. The Hall–Kier alpha value is -7.22. The van der Waals surface area contributed by atoms with Crippen molar-refractivity contribution in [2.75, 3.05) is 0 Å². The maximum Gasteiger partial charge on any atom is 0.143 e. The van der Waals surface area contributed by atoms with Crippen LogP contribution in [0.5, 0.6) is 0 Å². The highest BCUT2D eigenvalue weighted by Crippen LogP contribution is 2.52. The van der Waals surface area contributed by atoms with Crippen LogP contribution in [0, 0.1) is 0 Å². The van der Waals surface area contributed by atoms with E-state index in [2.05, 4.69) is 196 Å². The van der Waals surface area contributed by atoms with E-state index in [-0.39, 0.29) is 5.41 Å². The molecule has 1 aliphatic rings. The van der Waals surface area contributed by atoms with Gasteiger partial charge in [0.1, 0.15) is 11.2 Å². The Morgan fingerprint density at radius 1 is 0.328 bits per heavy atom. The van der Waals surface area contributed by atoms with E-state index in [4.69, 9.17) is 4.42 Å². The summed E-state index contributed by atoms with van der Waals surface area (Å²) in [7, 11) is 0. The summed E-state index contributed by atoms with van der Waals surface area (Å²) in [6.07, 6.45) is 0. The Labute approximate surface area is 337 Å². The van der Waals surface area contributed by atoms with Crippen LogP contribution in [0.1, 0.15) is 25.0 Å². The molecule has 1 heteroatoms. The molecule has 1 heterocycles. The Balaban J connectivity index is 0.957. The lowest BCUT2D eigenvalue weighted by atomic mass is 9.82. The minimum Gasteiger partial charge on any atom is -0.455 e. The van der Waals surface area contributed by atoms with Gasteiger partial charge in [-0.3, -0.25) is 0 Å². The van der Waals surface area contributed by atoms with Crippen molar-refractivity contribution in [3.05, 3.63) is 205 Å². The number of benzene rings is 10. The maximum atomic E-state index is 6.41. The molecule has 10 aromatic carbocycles. The molecule has 1 aromatic heterocycles. The number of hydrogen-bond acceptors (Lipinski definition) is 1. The van der Waals surface area contributed by atoms with Gasteiger partial charge in [0.05, 0.1) is 0 Å². The molecule has 11 aromatic rings. The first-order valence-electron chi connectivity index (χ1n) is 20.3. The molecular weight excluding hydrogens is 701 g/mol. The molecule has 0 amide bonds. The fraction of sp³-hybridized carbons (Fsp3) is 0.0526. The smallest absolute Gasteiger partial charge is 0.143 e. The van der Waals surface area contributed by atoms with Gasteiger partial charge in [0.25, 0.3) is 0 Å². The highest BCUT2D eigenvalue weighted by molar-refractivity contribution is 6.21. The molecule has 0 spiro atoms. The summed E-state index contributed by atoms with van der Waals surface area (Å²) < 4.78 is 6.41. The quantitative estimate of drug-likeness (QED) is 0.164. The van der Waals surface area contributed by atoms with E-state index in [1.165, 1.54) is 88.0 Å². The summed E-state index contributed by atoms with van der Waals surface area (Å²) >= 11 is 0. The van der Waals surface area contributed by atoms with Crippen molar-refractivity contribution in [1.82, 2.24) is 0 Å². The summed E-state index contributed by atoms with van der Waals surface area (Å²) in [5, 5.41) is 9.92. The van der Waals surface area contributed by atoms with E-state index in [0.717, 1.165) is 33.1 Å². The molecule has 12 rings (SSSR count). The summed E-state index contributed by atoms with van der Waals surface area (Å²) in [6, 6.07) is 71.4. The van der Waals surface area contributed by atoms with Gasteiger partial charge in [0.2, 0.25) is 0 Å². The van der Waals surface area contributed by atoms with Crippen LogP contribution < -0.4 is 0 Å². The molecule has 0 atom stereocenters. The first-order valence-corrected chi connectivity index (χ1v) is 20.3. The molecule has 272 valence electrons. The highest BCUT2D eigenvalue weighted by Gasteiger charge is 2.36. The molecule has 0 N–H and O–H groups in total. The monoisotopic (exact) mass is 738 g/mol. The molecule has 1 nitrogen and oxygen atoms in total. The Bertz CT molecular complexity index is 3390. The van der Waals surface area contributed by atoms with Crippen molar-refractivity contribution in [3.8, 4) is 55.6 Å². The molecule has 0 unspecified atom stereocenters. The van der Waals surface area contributed by atoms with Crippen LogP contribution in [-0.4, -0.2) is 0 Å².